The van der Waals surface area contributed by atoms with Crippen molar-refractivity contribution >= 4 is 40.6 Å². The van der Waals surface area contributed by atoms with Crippen LogP contribution in [0.25, 0.3) is 6.08 Å². The predicted molar refractivity (Wildman–Crippen MR) is 159 cm³/mol. The molecule has 0 saturated carbocycles. The molecule has 0 aliphatic carbocycles. The van der Waals surface area contributed by atoms with E-state index in [0.29, 0.717) is 16.8 Å². The number of carbonyl (C=O) groups is 3. The highest BCUT2D eigenvalue weighted by Gasteiger charge is 2.70. The number of benzene rings is 4. The third-order valence-corrected chi connectivity index (χ3v) is 8.79. The van der Waals surface area contributed by atoms with Gasteiger partial charge in [-0.2, -0.15) is 0 Å². The first-order valence-corrected chi connectivity index (χ1v) is 13.7. The summed E-state index contributed by atoms with van der Waals surface area (Å²) in [4.78, 5) is 56.4. The van der Waals surface area contributed by atoms with Crippen LogP contribution in [0.5, 0.6) is 0 Å². The van der Waals surface area contributed by atoms with Gasteiger partial charge in [0.2, 0.25) is 5.91 Å². The van der Waals surface area contributed by atoms with Gasteiger partial charge < -0.3 is 10.2 Å². The minimum Gasteiger partial charge on any atom is -0.352 e. The number of carbonyl (C=O) groups excluding carboxylic acids is 3. The topological polar surface area (TPSA) is 110 Å². The molecule has 3 aliphatic rings. The third kappa shape index (κ3) is 3.51. The van der Waals surface area contributed by atoms with E-state index in [2.05, 4.69) is 5.32 Å². The summed E-state index contributed by atoms with van der Waals surface area (Å²) < 4.78 is 0. The minimum atomic E-state index is -1.41. The molecular weight excluding hydrogens is 530 g/mol. The second-order valence-corrected chi connectivity index (χ2v) is 11.0. The number of nitro benzene ring substituents is 1. The smallest absolute Gasteiger partial charge is 0.269 e. The zero-order valence-corrected chi connectivity index (χ0v) is 22.6. The molecule has 0 aromatic heterocycles. The molecule has 4 atom stereocenters. The molecule has 1 spiro atoms. The maximum atomic E-state index is 14.7. The first kappa shape index (κ1) is 25.6. The highest BCUT2D eigenvalue weighted by atomic mass is 16.6. The average Bonchev–Trinajstić information content (AvgIpc) is 3.49. The van der Waals surface area contributed by atoms with Gasteiger partial charge in [0.1, 0.15) is 11.5 Å². The standard InChI is InChI=1S/C34H25N3O5/c1-20-10-12-22(13-11-20)31(38)29-30(32(39)23-14-17-24(18-15-23)37(41)42)36-27-9-5-2-6-21(27)16-19-28(36)34(29)25-7-3-4-8-26(25)35-33(34)40/h2-19,28-30H,1H3,(H,35,40)/t28-,29+,30+,34-/m1/s1. The molecular formula is C34H25N3O5. The molecule has 1 N–H and O–H groups in total. The normalized spacial score (nSPS) is 23.2. The number of hydrogen-bond donors (Lipinski definition) is 1. The van der Waals surface area contributed by atoms with Gasteiger partial charge in [-0.15, -0.1) is 0 Å². The molecule has 0 bridgehead atoms. The van der Waals surface area contributed by atoms with E-state index in [0.717, 1.165) is 16.8 Å². The molecule has 7 rings (SSSR count). The number of nitrogens with zero attached hydrogens (tertiary/aromatic N) is 2. The van der Waals surface area contributed by atoms with Crippen LogP contribution in [0, 0.1) is 23.0 Å². The van der Waals surface area contributed by atoms with Gasteiger partial charge in [-0.3, -0.25) is 24.5 Å². The van der Waals surface area contributed by atoms with Crippen LogP contribution in [0.15, 0.2) is 103 Å². The number of hydrogen-bond acceptors (Lipinski definition) is 6. The summed E-state index contributed by atoms with van der Waals surface area (Å²) in [6.07, 6.45) is 3.86. The van der Waals surface area contributed by atoms with Crippen LogP contribution in [0.3, 0.4) is 0 Å². The van der Waals surface area contributed by atoms with Crippen LogP contribution in [0.4, 0.5) is 17.1 Å². The van der Waals surface area contributed by atoms with E-state index in [1.54, 1.807) is 12.1 Å². The van der Waals surface area contributed by atoms with Crippen molar-refractivity contribution < 1.29 is 19.3 Å². The number of non-ortho nitro benzene ring substituents is 1. The summed E-state index contributed by atoms with van der Waals surface area (Å²) >= 11 is 0. The maximum absolute atomic E-state index is 14.7. The number of amides is 1. The van der Waals surface area contributed by atoms with E-state index >= 15 is 0 Å². The van der Waals surface area contributed by atoms with Gasteiger partial charge in [0.25, 0.3) is 5.69 Å². The monoisotopic (exact) mass is 555 g/mol. The van der Waals surface area contributed by atoms with Crippen molar-refractivity contribution in [2.75, 3.05) is 10.2 Å². The lowest BCUT2D eigenvalue weighted by Gasteiger charge is -2.37. The summed E-state index contributed by atoms with van der Waals surface area (Å²) in [7, 11) is 0. The minimum absolute atomic E-state index is 0.144. The fourth-order valence-corrected chi connectivity index (χ4v) is 6.94. The summed E-state index contributed by atoms with van der Waals surface area (Å²) in [5, 5.41) is 14.3. The molecule has 3 heterocycles. The van der Waals surface area contributed by atoms with Crippen LogP contribution >= 0.6 is 0 Å². The Labute approximate surface area is 241 Å². The van der Waals surface area contributed by atoms with E-state index in [-0.39, 0.29) is 28.7 Å². The van der Waals surface area contributed by atoms with Gasteiger partial charge in [-0.1, -0.05) is 78.4 Å². The van der Waals surface area contributed by atoms with Crippen LogP contribution in [0.2, 0.25) is 0 Å². The molecule has 1 amide bonds. The Kier molecular flexibility index (Phi) is 5.69. The van der Waals surface area contributed by atoms with Gasteiger partial charge in [0, 0.05) is 34.6 Å². The number of ketones is 2. The van der Waals surface area contributed by atoms with Crippen LogP contribution in [0.1, 0.15) is 37.4 Å². The zero-order valence-electron chi connectivity index (χ0n) is 22.6. The van der Waals surface area contributed by atoms with E-state index in [9.17, 15) is 24.5 Å². The molecule has 0 radical (unpaired) electrons. The Hall–Kier alpha value is -5.37. The summed E-state index contributed by atoms with van der Waals surface area (Å²) in [5.74, 6) is -2.15. The number of para-hydroxylation sites is 2. The SMILES string of the molecule is Cc1ccc(C(=O)[C@@H]2[C@@H](C(=O)c3ccc([N+](=O)[O-])cc3)N3c4ccccc4C=C[C@@H]3[C@@]23C(=O)Nc2ccccc23)cc1. The van der Waals surface area contributed by atoms with Crippen molar-refractivity contribution in [3.05, 3.63) is 141 Å². The Morgan fingerprint density at radius 1 is 0.857 bits per heavy atom. The molecule has 1 fully saturated rings. The van der Waals surface area contributed by atoms with E-state index in [4.69, 9.17) is 0 Å². The van der Waals surface area contributed by atoms with Gasteiger partial charge in [-0.05, 0) is 42.3 Å². The lowest BCUT2D eigenvalue weighted by atomic mass is 9.64. The Bertz CT molecular complexity index is 1830. The lowest BCUT2D eigenvalue weighted by molar-refractivity contribution is -0.384. The number of nitrogens with one attached hydrogen (secondary N) is 1. The molecule has 4 aromatic carbocycles. The van der Waals surface area contributed by atoms with Crippen molar-refractivity contribution in [3.63, 3.8) is 0 Å². The molecule has 1 saturated heterocycles. The second-order valence-electron chi connectivity index (χ2n) is 11.0. The van der Waals surface area contributed by atoms with Crippen molar-refractivity contribution in [1.29, 1.82) is 0 Å². The number of nitro groups is 1. The fraction of sp³-hybridized carbons (Fsp3) is 0.147. The lowest BCUT2D eigenvalue weighted by Crippen LogP contribution is -2.51. The first-order chi connectivity index (χ1) is 20.3. The predicted octanol–water partition coefficient (Wildman–Crippen LogP) is 5.76. The average molecular weight is 556 g/mol. The largest absolute Gasteiger partial charge is 0.352 e. The van der Waals surface area contributed by atoms with Gasteiger partial charge in [-0.25, -0.2) is 0 Å². The quantitative estimate of drug-likeness (QED) is 0.191. The number of rotatable bonds is 5. The Balaban J connectivity index is 1.51. The van der Waals surface area contributed by atoms with Crippen molar-refractivity contribution in [3.8, 4) is 0 Å². The molecule has 0 unspecified atom stereocenters. The first-order valence-electron chi connectivity index (χ1n) is 13.7. The molecule has 42 heavy (non-hydrogen) atoms. The van der Waals surface area contributed by atoms with Crippen molar-refractivity contribution in [2.24, 2.45) is 5.92 Å². The van der Waals surface area contributed by atoms with Crippen LogP contribution in [-0.2, 0) is 10.2 Å². The third-order valence-electron chi connectivity index (χ3n) is 8.79. The second kappa shape index (κ2) is 9.34. The number of Topliss-reactive ketones (excluding diaryl/α,β-unsaturated/α-hetero) is 2. The molecule has 3 aliphatic heterocycles. The van der Waals surface area contributed by atoms with Gasteiger partial charge in [0.05, 0.1) is 16.9 Å². The highest BCUT2D eigenvalue weighted by Crippen LogP contribution is 2.58. The van der Waals surface area contributed by atoms with Gasteiger partial charge >= 0.3 is 0 Å². The molecule has 4 aromatic rings. The fourth-order valence-electron chi connectivity index (χ4n) is 6.94. The van der Waals surface area contributed by atoms with E-state index in [1.165, 1.54) is 24.3 Å². The van der Waals surface area contributed by atoms with Crippen molar-refractivity contribution in [2.45, 2.75) is 24.4 Å². The van der Waals surface area contributed by atoms with Crippen LogP contribution in [-0.4, -0.2) is 34.5 Å². The number of aryl methyl sites for hydroxylation is 1. The zero-order chi connectivity index (χ0) is 29.2. The summed E-state index contributed by atoms with van der Waals surface area (Å²) in [6.45, 7) is 1.93. The molecule has 8 nitrogen and oxygen atoms in total. The summed E-state index contributed by atoms with van der Waals surface area (Å²) in [5.41, 5.74) is 2.92. The summed E-state index contributed by atoms with van der Waals surface area (Å²) in [6, 6.07) is 25.8. The number of fused-ring (bicyclic) bond motifs is 6. The van der Waals surface area contributed by atoms with Crippen molar-refractivity contribution in [1.82, 2.24) is 0 Å². The number of anilines is 2. The molecule has 206 valence electrons. The van der Waals surface area contributed by atoms with Gasteiger partial charge in [0.15, 0.2) is 11.6 Å². The highest BCUT2D eigenvalue weighted by molar-refractivity contribution is 6.18. The van der Waals surface area contributed by atoms with E-state index < -0.39 is 28.3 Å². The Morgan fingerprint density at radius 3 is 2.24 bits per heavy atom. The van der Waals surface area contributed by atoms with E-state index in [1.807, 2.05) is 84.6 Å². The Morgan fingerprint density at radius 2 is 1.50 bits per heavy atom. The maximum Gasteiger partial charge on any atom is 0.269 e. The van der Waals surface area contributed by atoms with Crippen LogP contribution < -0.4 is 10.2 Å². The molecule has 8 heteroatoms.